The molecule has 3 heterocycles. The van der Waals surface area contributed by atoms with Crippen molar-refractivity contribution in [2.45, 2.75) is 12.8 Å². The Balaban J connectivity index is 1.43. The number of hydrogen-bond acceptors (Lipinski definition) is 6. The molecule has 2 saturated heterocycles. The van der Waals surface area contributed by atoms with E-state index in [-0.39, 0.29) is 5.91 Å². The minimum absolute atomic E-state index is 0.210. The van der Waals surface area contributed by atoms with Crippen molar-refractivity contribution in [1.82, 2.24) is 9.88 Å². The normalized spacial score (nSPS) is 20.8. The van der Waals surface area contributed by atoms with Crippen LogP contribution in [-0.4, -0.2) is 61.7 Å². The number of thiazole rings is 1. The van der Waals surface area contributed by atoms with Crippen LogP contribution in [0.3, 0.4) is 0 Å². The van der Waals surface area contributed by atoms with Gasteiger partial charge < -0.3 is 20.3 Å². The summed E-state index contributed by atoms with van der Waals surface area (Å²) in [5, 5.41) is 1.05. The Morgan fingerprint density at radius 1 is 1.20 bits per heavy atom. The monoisotopic (exact) mass is 360 g/mol. The number of nitrogens with two attached hydrogens (primary N) is 1. The second kappa shape index (κ2) is 6.90. The molecule has 0 spiro atoms. The highest BCUT2D eigenvalue weighted by Gasteiger charge is 2.42. The van der Waals surface area contributed by atoms with Gasteiger partial charge in [0, 0.05) is 45.9 Å². The molecule has 0 saturated carbocycles. The summed E-state index contributed by atoms with van der Waals surface area (Å²) >= 11 is 1.72. The fraction of sp³-hybridized carbons (Fsp3) is 0.556. The molecule has 1 aromatic carbocycles. The minimum Gasteiger partial charge on any atom is -0.381 e. The number of para-hydroxylation sites is 1. The number of carbonyl (C=O) groups excluding carboxylic acids is 1. The van der Waals surface area contributed by atoms with Gasteiger partial charge in [-0.05, 0) is 25.0 Å². The van der Waals surface area contributed by atoms with Crippen LogP contribution in [0.5, 0.6) is 0 Å². The Bertz CT molecular complexity index is 715. The zero-order chi connectivity index (χ0) is 17.3. The van der Waals surface area contributed by atoms with Gasteiger partial charge in [0.05, 0.1) is 15.6 Å². The van der Waals surface area contributed by atoms with Crippen LogP contribution in [0.1, 0.15) is 12.8 Å². The lowest BCUT2D eigenvalue weighted by atomic mass is 9.78. The van der Waals surface area contributed by atoms with E-state index >= 15 is 0 Å². The van der Waals surface area contributed by atoms with E-state index in [4.69, 9.17) is 15.5 Å². The molecule has 2 aliphatic rings. The number of nitrogens with zero attached hydrogens (tertiary/aromatic N) is 3. The zero-order valence-corrected chi connectivity index (χ0v) is 15.1. The molecule has 2 fully saturated rings. The average molecular weight is 360 g/mol. The summed E-state index contributed by atoms with van der Waals surface area (Å²) in [6, 6.07) is 8.21. The summed E-state index contributed by atoms with van der Waals surface area (Å²) in [7, 11) is 0. The number of ether oxygens (including phenoxy) is 1. The Kier molecular flexibility index (Phi) is 4.62. The lowest BCUT2D eigenvalue weighted by Gasteiger charge is -2.42. The third-order valence-corrected chi connectivity index (χ3v) is 6.51. The Labute approximate surface area is 151 Å². The third kappa shape index (κ3) is 3.12. The first-order chi connectivity index (χ1) is 12.2. The molecule has 0 radical (unpaired) electrons. The highest BCUT2D eigenvalue weighted by molar-refractivity contribution is 7.22. The summed E-state index contributed by atoms with van der Waals surface area (Å²) in [5.41, 5.74) is 6.61. The molecule has 0 aliphatic carbocycles. The Hall–Kier alpha value is -1.70. The van der Waals surface area contributed by atoms with Crippen molar-refractivity contribution >= 4 is 32.6 Å². The van der Waals surface area contributed by atoms with E-state index in [2.05, 4.69) is 11.0 Å². The van der Waals surface area contributed by atoms with Crippen molar-refractivity contribution in [2.24, 2.45) is 11.1 Å². The molecule has 1 amide bonds. The van der Waals surface area contributed by atoms with E-state index < -0.39 is 5.41 Å². The standard InChI is InChI=1S/C18H24N4O2S/c19-13-18(5-11-24-12-6-18)16(23)21-7-9-22(10-8-21)17-20-14-3-1-2-4-15(14)25-17/h1-4H,5-13,19H2. The summed E-state index contributed by atoms with van der Waals surface area (Å²) < 4.78 is 6.63. The number of rotatable bonds is 3. The second-order valence-corrected chi connectivity index (χ2v) is 7.85. The van der Waals surface area contributed by atoms with Crippen molar-refractivity contribution in [3.63, 3.8) is 0 Å². The predicted molar refractivity (Wildman–Crippen MR) is 100.0 cm³/mol. The van der Waals surface area contributed by atoms with Crippen LogP contribution in [0.2, 0.25) is 0 Å². The molecule has 25 heavy (non-hydrogen) atoms. The molecule has 2 aromatic rings. The summed E-state index contributed by atoms with van der Waals surface area (Å²) in [6.07, 6.45) is 1.47. The smallest absolute Gasteiger partial charge is 0.230 e. The van der Waals surface area contributed by atoms with Crippen LogP contribution >= 0.6 is 11.3 Å². The maximum Gasteiger partial charge on any atom is 0.230 e. The van der Waals surface area contributed by atoms with Crippen LogP contribution in [0.25, 0.3) is 10.2 Å². The van der Waals surface area contributed by atoms with Gasteiger partial charge in [0.1, 0.15) is 0 Å². The first kappa shape index (κ1) is 16.8. The number of anilines is 1. The minimum atomic E-state index is -0.420. The first-order valence-electron chi connectivity index (χ1n) is 8.90. The molecule has 6 nitrogen and oxygen atoms in total. The molecular formula is C18H24N4O2S. The van der Waals surface area contributed by atoms with E-state index in [1.54, 1.807) is 11.3 Å². The summed E-state index contributed by atoms with van der Waals surface area (Å²) in [4.78, 5) is 22.1. The van der Waals surface area contributed by atoms with Crippen LogP contribution in [-0.2, 0) is 9.53 Å². The fourth-order valence-electron chi connectivity index (χ4n) is 3.70. The number of amides is 1. The van der Waals surface area contributed by atoms with Crippen molar-refractivity contribution in [3.8, 4) is 0 Å². The highest BCUT2D eigenvalue weighted by atomic mass is 32.1. The number of benzene rings is 1. The van der Waals surface area contributed by atoms with E-state index in [0.717, 1.165) is 49.7 Å². The molecule has 4 rings (SSSR count). The van der Waals surface area contributed by atoms with Gasteiger partial charge >= 0.3 is 0 Å². The van der Waals surface area contributed by atoms with Gasteiger partial charge in [0.25, 0.3) is 0 Å². The zero-order valence-electron chi connectivity index (χ0n) is 14.3. The highest BCUT2D eigenvalue weighted by Crippen LogP contribution is 2.33. The molecule has 134 valence electrons. The van der Waals surface area contributed by atoms with Crippen molar-refractivity contribution in [3.05, 3.63) is 24.3 Å². The molecule has 0 unspecified atom stereocenters. The van der Waals surface area contributed by atoms with Gasteiger partial charge in [0.15, 0.2) is 5.13 Å². The average Bonchev–Trinajstić information content (AvgIpc) is 3.12. The van der Waals surface area contributed by atoms with E-state index in [1.165, 1.54) is 4.70 Å². The molecule has 7 heteroatoms. The van der Waals surface area contributed by atoms with Gasteiger partial charge in [-0.25, -0.2) is 4.98 Å². The lowest BCUT2D eigenvalue weighted by Crippen LogP contribution is -2.56. The number of aromatic nitrogens is 1. The lowest BCUT2D eigenvalue weighted by molar-refractivity contribution is -0.147. The summed E-state index contributed by atoms with van der Waals surface area (Å²) in [5.74, 6) is 0.210. The number of hydrogen-bond donors (Lipinski definition) is 1. The second-order valence-electron chi connectivity index (χ2n) is 6.84. The molecule has 0 bridgehead atoms. The van der Waals surface area contributed by atoms with Gasteiger partial charge in [-0.1, -0.05) is 23.5 Å². The third-order valence-electron chi connectivity index (χ3n) is 5.41. The molecule has 2 aliphatic heterocycles. The quantitative estimate of drug-likeness (QED) is 0.902. The van der Waals surface area contributed by atoms with Crippen LogP contribution in [0.15, 0.2) is 24.3 Å². The number of carbonyl (C=O) groups is 1. The SMILES string of the molecule is NCC1(C(=O)N2CCN(c3nc4ccccc4s3)CC2)CCOCC1. The van der Waals surface area contributed by atoms with Crippen molar-refractivity contribution < 1.29 is 9.53 Å². The van der Waals surface area contributed by atoms with E-state index in [9.17, 15) is 4.79 Å². The van der Waals surface area contributed by atoms with Gasteiger partial charge in [-0.3, -0.25) is 4.79 Å². The van der Waals surface area contributed by atoms with Gasteiger partial charge in [0.2, 0.25) is 5.91 Å². The van der Waals surface area contributed by atoms with Crippen molar-refractivity contribution in [1.29, 1.82) is 0 Å². The van der Waals surface area contributed by atoms with Crippen LogP contribution < -0.4 is 10.6 Å². The molecule has 0 atom stereocenters. The van der Waals surface area contributed by atoms with Crippen LogP contribution in [0, 0.1) is 5.41 Å². The largest absolute Gasteiger partial charge is 0.381 e. The van der Waals surface area contributed by atoms with Gasteiger partial charge in [-0.15, -0.1) is 0 Å². The fourth-order valence-corrected chi connectivity index (χ4v) is 4.72. The molecule has 2 N–H and O–H groups in total. The van der Waals surface area contributed by atoms with Crippen LogP contribution in [0.4, 0.5) is 5.13 Å². The maximum atomic E-state index is 13.0. The van der Waals surface area contributed by atoms with Gasteiger partial charge in [-0.2, -0.15) is 0 Å². The Morgan fingerprint density at radius 2 is 1.92 bits per heavy atom. The van der Waals surface area contributed by atoms with E-state index in [1.807, 2.05) is 23.1 Å². The number of fused-ring (bicyclic) bond motifs is 1. The first-order valence-corrected chi connectivity index (χ1v) is 9.71. The topological polar surface area (TPSA) is 71.7 Å². The van der Waals surface area contributed by atoms with E-state index in [0.29, 0.717) is 19.8 Å². The summed E-state index contributed by atoms with van der Waals surface area (Å²) in [6.45, 7) is 4.79. The van der Waals surface area contributed by atoms with Crippen molar-refractivity contribution in [2.75, 3.05) is 50.8 Å². The Morgan fingerprint density at radius 3 is 2.60 bits per heavy atom. The predicted octanol–water partition coefficient (Wildman–Crippen LogP) is 1.70. The molecular weight excluding hydrogens is 336 g/mol. The number of piperazine rings is 1. The maximum absolute atomic E-state index is 13.0. The molecule has 1 aromatic heterocycles.